The van der Waals surface area contributed by atoms with Crippen molar-refractivity contribution < 1.29 is 116 Å². The Morgan fingerprint density at radius 2 is 0.954 bits per heavy atom. The molecule has 0 aliphatic heterocycles. The smallest absolute Gasteiger partial charge is 0.481 e. The summed E-state index contributed by atoms with van der Waals surface area (Å²) < 4.78 is 21.4. The van der Waals surface area contributed by atoms with Gasteiger partial charge in [0, 0.05) is 30.9 Å². The second kappa shape index (κ2) is 33.6. The Bertz CT molecular complexity index is 3020. The number of phosphoric acid groups is 1. The molecule has 1 aromatic carbocycles. The molecule has 2 aromatic rings. The number of aliphatic hydroxyl groups excluding tert-OH is 1. The summed E-state index contributed by atoms with van der Waals surface area (Å²) >= 11 is 0. The third kappa shape index (κ3) is 25.2. The second-order valence-electron chi connectivity index (χ2n) is 20.8. The number of nitrogens with two attached hydrogens (primary N) is 1. The molecule has 1 aromatic heterocycles. The molecular formula is C51H73N10O25P. The van der Waals surface area contributed by atoms with Crippen LogP contribution in [0.4, 0.5) is 0 Å². The number of hydrogen-bond acceptors (Lipinski definition) is 19. The average molecular weight is 1260 g/mol. The number of aliphatic hydroxyl groups is 1. The van der Waals surface area contributed by atoms with Crippen molar-refractivity contribution in [3.05, 3.63) is 40.2 Å². The minimum Gasteiger partial charge on any atom is -0.481 e. The summed E-state index contributed by atoms with van der Waals surface area (Å²) in [4.78, 5) is 214. The number of amides is 10. The molecule has 0 radical (unpaired) electrons. The van der Waals surface area contributed by atoms with E-state index in [9.17, 15) is 112 Å². The highest BCUT2D eigenvalue weighted by molar-refractivity contribution is 7.46. The standard InChI is InChI=1S/C51H73N10O25P/c1-9-22(6)41(60-51(81)42(23(7)62)61-48(78)33(19-38(70)71)56-46(76)31(17-36(66)67)53-24(8)63)50(80)58-30(13-25-14-39(72)85-34-15-26(10-11-27(25)34)86-87(82,83)84)45(75)55-32(18-37(68)69)47(77)59-40(21(4)5)49(79)57-29(12-20(2)3)44(74)54-28(43(52)73)16-35(64)65/h10-11,14-15,20-23,28-33,40-42,62H,9,12-13,16-19H2,1-8H3,(H2,52,73)(H,53,63)(H,54,74)(H,55,75)(H,56,76)(H,57,79)(H,58,80)(H,59,77)(H,60,81)(H,61,78)(H,64,65)(H,66,67)(H,68,69)(H,70,71)(H2,82,83,84)/t22-,23+,28-,29-,30-,31-,32-,33-,40-,41-,42-/m0/s1. The van der Waals surface area contributed by atoms with Crippen LogP contribution in [0.2, 0.25) is 0 Å². The van der Waals surface area contributed by atoms with Crippen LogP contribution in [0.3, 0.4) is 0 Å². The van der Waals surface area contributed by atoms with Crippen LogP contribution in [0.25, 0.3) is 11.0 Å². The molecule has 87 heavy (non-hydrogen) atoms. The SMILES string of the molecule is CC[C@H](C)[C@H](NC(=O)[C@@H](NC(=O)[C@H](CC(=O)O)NC(=O)[C@H](CC(=O)O)NC(C)=O)[C@@H](C)O)C(=O)N[C@@H](Cc1cc(=O)oc2cc(OP(=O)(O)O)ccc12)C(=O)N[C@@H](CC(=O)O)C(=O)N[C@H](C(=O)N[C@@H](CC(C)C)C(=O)N[C@@H](CC(=O)O)C(N)=O)C(C)C. The van der Waals surface area contributed by atoms with Gasteiger partial charge in [0.2, 0.25) is 59.1 Å². The summed E-state index contributed by atoms with van der Waals surface area (Å²) in [5.41, 5.74) is 3.57. The van der Waals surface area contributed by atoms with Gasteiger partial charge in [0.1, 0.15) is 65.7 Å². The molecule has 36 heteroatoms. The van der Waals surface area contributed by atoms with Crippen molar-refractivity contribution in [2.75, 3.05) is 0 Å². The summed E-state index contributed by atoms with van der Waals surface area (Å²) in [6.45, 7) is 11.0. The topological polar surface area (TPSA) is 571 Å². The van der Waals surface area contributed by atoms with Gasteiger partial charge in [0.05, 0.1) is 31.8 Å². The predicted octanol–water partition coefficient (Wildman–Crippen LogP) is -4.30. The summed E-state index contributed by atoms with van der Waals surface area (Å²) in [7, 11) is -5.19. The first-order chi connectivity index (χ1) is 40.2. The molecule has 10 amide bonds. The monoisotopic (exact) mass is 1260 g/mol. The van der Waals surface area contributed by atoms with Crippen LogP contribution < -0.4 is 63.7 Å². The lowest BCUT2D eigenvalue weighted by Crippen LogP contribution is -2.63. The zero-order valence-corrected chi connectivity index (χ0v) is 49.2. The van der Waals surface area contributed by atoms with Crippen LogP contribution in [0, 0.1) is 17.8 Å². The minimum absolute atomic E-state index is 0.0375. The molecular weight excluding hydrogens is 1180 g/mol. The highest BCUT2D eigenvalue weighted by Gasteiger charge is 2.39. The number of aliphatic carboxylic acids is 4. The number of primary amides is 1. The first-order valence-electron chi connectivity index (χ1n) is 26.6. The van der Waals surface area contributed by atoms with Crippen LogP contribution in [0.15, 0.2) is 33.5 Å². The molecule has 0 saturated carbocycles. The van der Waals surface area contributed by atoms with Crippen molar-refractivity contribution in [1.82, 2.24) is 47.9 Å². The van der Waals surface area contributed by atoms with Crippen molar-refractivity contribution in [2.45, 2.75) is 161 Å². The Labute approximate surface area is 494 Å². The number of nitrogens with one attached hydrogen (secondary N) is 9. The third-order valence-corrected chi connectivity index (χ3v) is 13.1. The van der Waals surface area contributed by atoms with E-state index in [4.69, 9.17) is 10.2 Å². The van der Waals surface area contributed by atoms with Gasteiger partial charge >= 0.3 is 37.3 Å². The molecule has 0 unspecified atom stereocenters. The van der Waals surface area contributed by atoms with E-state index in [-0.39, 0.29) is 29.7 Å². The third-order valence-electron chi connectivity index (χ3n) is 12.7. The number of phosphoric ester groups is 1. The zero-order chi connectivity index (χ0) is 66.5. The van der Waals surface area contributed by atoms with E-state index in [1.165, 1.54) is 27.7 Å². The van der Waals surface area contributed by atoms with Crippen molar-refractivity contribution in [3.8, 4) is 5.75 Å². The van der Waals surface area contributed by atoms with E-state index >= 15 is 0 Å². The molecule has 1 heterocycles. The van der Waals surface area contributed by atoms with Gasteiger partial charge in [0.25, 0.3) is 0 Å². The molecule has 2 rings (SSSR count). The van der Waals surface area contributed by atoms with Gasteiger partial charge in [-0.25, -0.2) is 9.36 Å². The fourth-order valence-electron chi connectivity index (χ4n) is 8.23. The first-order valence-corrected chi connectivity index (χ1v) is 28.1. The van der Waals surface area contributed by atoms with Crippen molar-refractivity contribution in [1.29, 1.82) is 0 Å². The molecule has 482 valence electrons. The molecule has 35 nitrogen and oxygen atoms in total. The lowest BCUT2D eigenvalue weighted by atomic mass is 9.96. The Balaban J connectivity index is 2.73. The number of carbonyl (C=O) groups excluding carboxylic acids is 10. The minimum atomic E-state index is -5.19. The fourth-order valence-corrected chi connectivity index (χ4v) is 8.62. The highest BCUT2D eigenvalue weighted by atomic mass is 31.2. The van der Waals surface area contributed by atoms with Gasteiger partial charge in [-0.15, -0.1) is 0 Å². The molecule has 18 N–H and O–H groups in total. The van der Waals surface area contributed by atoms with Gasteiger partial charge in [-0.05, 0) is 48.8 Å². The van der Waals surface area contributed by atoms with E-state index in [1.54, 1.807) is 13.8 Å². The molecule has 0 aliphatic rings. The zero-order valence-electron chi connectivity index (χ0n) is 48.3. The maximum absolute atomic E-state index is 14.7. The lowest BCUT2D eigenvalue weighted by molar-refractivity contribution is -0.143. The summed E-state index contributed by atoms with van der Waals surface area (Å²) in [6.07, 6.45) is -7.11. The Morgan fingerprint density at radius 1 is 0.552 bits per heavy atom. The number of fused-ring (bicyclic) bond motifs is 1. The number of benzene rings is 1. The summed E-state index contributed by atoms with van der Waals surface area (Å²) in [6, 6.07) is -12.9. The maximum atomic E-state index is 14.7. The number of carboxylic acid groups (broad SMARTS) is 4. The van der Waals surface area contributed by atoms with Gasteiger partial charge in [-0.2, -0.15) is 0 Å². The van der Waals surface area contributed by atoms with Crippen molar-refractivity contribution >= 4 is 102 Å². The average Bonchev–Trinajstić information content (AvgIpc) is 1.07. The number of carbonyl (C=O) groups is 14. The number of rotatable bonds is 36. The van der Waals surface area contributed by atoms with Gasteiger partial charge in [-0.3, -0.25) is 76.9 Å². The molecule has 0 fully saturated rings. The van der Waals surface area contributed by atoms with Gasteiger partial charge < -0.3 is 88.1 Å². The van der Waals surface area contributed by atoms with Crippen LogP contribution >= 0.6 is 7.82 Å². The number of carboxylic acids is 4. The van der Waals surface area contributed by atoms with Crippen molar-refractivity contribution in [2.24, 2.45) is 23.5 Å². The first kappa shape index (κ1) is 74.0. The molecule has 0 spiro atoms. The van der Waals surface area contributed by atoms with E-state index < -0.39 is 212 Å². The van der Waals surface area contributed by atoms with Crippen molar-refractivity contribution in [3.63, 3.8) is 0 Å². The lowest BCUT2D eigenvalue weighted by Gasteiger charge is -2.30. The quantitative estimate of drug-likeness (QED) is 0.0227. The Hall–Kier alpha value is -9.08. The van der Waals surface area contributed by atoms with E-state index in [2.05, 4.69) is 41.7 Å². The fraction of sp³-hybridized carbons (Fsp3) is 0.549. The van der Waals surface area contributed by atoms with E-state index in [1.807, 2.05) is 10.6 Å². The van der Waals surface area contributed by atoms with E-state index in [0.717, 1.165) is 38.1 Å². The predicted molar refractivity (Wildman–Crippen MR) is 296 cm³/mol. The highest BCUT2D eigenvalue weighted by Crippen LogP contribution is 2.38. The van der Waals surface area contributed by atoms with Gasteiger partial charge in [0.15, 0.2) is 0 Å². The van der Waals surface area contributed by atoms with Crippen LogP contribution in [-0.4, -0.2) is 179 Å². The van der Waals surface area contributed by atoms with Gasteiger partial charge in [-0.1, -0.05) is 48.0 Å². The summed E-state index contributed by atoms with van der Waals surface area (Å²) in [5.74, 6) is -21.5. The Morgan fingerprint density at radius 3 is 1.40 bits per heavy atom. The maximum Gasteiger partial charge on any atom is 0.524 e. The van der Waals surface area contributed by atoms with Crippen LogP contribution in [0.5, 0.6) is 5.75 Å². The van der Waals surface area contributed by atoms with E-state index in [0.29, 0.717) is 0 Å². The molecule has 0 saturated heterocycles. The molecule has 0 bridgehead atoms. The largest absolute Gasteiger partial charge is 0.524 e. The molecule has 0 aliphatic carbocycles. The second-order valence-corrected chi connectivity index (χ2v) is 22.0. The molecule has 11 atom stereocenters. The normalized spacial score (nSPS) is 15.1. The van der Waals surface area contributed by atoms with Crippen LogP contribution in [-0.2, 0) is 78.1 Å². The van der Waals surface area contributed by atoms with Crippen LogP contribution in [0.1, 0.15) is 99.5 Å². The number of hydrogen-bond donors (Lipinski definition) is 17. The summed E-state index contributed by atoms with van der Waals surface area (Å²) in [5, 5.41) is 68.7. The Kier molecular flexibility index (Phi) is 28.6.